The van der Waals surface area contributed by atoms with Crippen LogP contribution in [0, 0.1) is 0 Å². The molecule has 2 heteroatoms. The van der Waals surface area contributed by atoms with E-state index in [0.717, 1.165) is 0 Å². The van der Waals surface area contributed by atoms with Gasteiger partial charge in [0.15, 0.2) is 0 Å². The van der Waals surface area contributed by atoms with E-state index in [1.54, 1.807) is 33.4 Å². The van der Waals surface area contributed by atoms with Crippen LogP contribution in [0.3, 0.4) is 0 Å². The molecule has 2 aromatic carbocycles. The first-order valence-corrected chi connectivity index (χ1v) is 19.2. The van der Waals surface area contributed by atoms with E-state index in [4.69, 9.17) is 0 Å². The first-order valence-electron chi connectivity index (χ1n) is 12.0. The monoisotopic (exact) mass is 440 g/mol. The third kappa shape index (κ3) is 3.14. The van der Waals surface area contributed by atoms with Crippen molar-refractivity contribution in [3.8, 4) is 11.1 Å². The normalized spacial score (nSPS) is 22.4. The topological polar surface area (TPSA) is 0 Å². The molecule has 0 saturated heterocycles. The smallest absolute Gasteiger partial charge is 0.0551 e. The van der Waals surface area contributed by atoms with Crippen LogP contribution in [0.4, 0.5) is 0 Å². The predicted molar refractivity (Wildman–Crippen MR) is 142 cm³/mol. The molecule has 2 atom stereocenters. The molecule has 0 amide bonds. The Labute approximate surface area is 190 Å². The minimum absolute atomic E-state index is 0.653. The number of fused-ring (bicyclic) bond motifs is 2. The van der Waals surface area contributed by atoms with E-state index in [1.807, 2.05) is 0 Å². The van der Waals surface area contributed by atoms with E-state index in [0.29, 0.717) is 11.1 Å². The van der Waals surface area contributed by atoms with Gasteiger partial charge in [-0.25, -0.2) is 0 Å². The molecule has 3 aliphatic carbocycles. The van der Waals surface area contributed by atoms with Crippen molar-refractivity contribution in [2.45, 2.75) is 70.4 Å². The van der Waals surface area contributed by atoms with Crippen molar-refractivity contribution in [2.24, 2.45) is 0 Å². The van der Waals surface area contributed by atoms with E-state index in [2.05, 4.69) is 101 Å². The van der Waals surface area contributed by atoms with Gasteiger partial charge in [-0.3, -0.25) is 0 Å². The lowest BCUT2D eigenvalue weighted by molar-refractivity contribution is 0.911. The highest BCUT2D eigenvalue weighted by molar-refractivity contribution is 7.42. The predicted octanol–water partition coefficient (Wildman–Crippen LogP) is 8.26. The maximum Gasteiger partial charge on any atom is 0.0551 e. The second kappa shape index (κ2) is 7.32. The third-order valence-electron chi connectivity index (χ3n) is 8.90. The highest BCUT2D eigenvalue weighted by Gasteiger charge is 2.52. The fourth-order valence-electron chi connectivity index (χ4n) is 6.53. The summed E-state index contributed by atoms with van der Waals surface area (Å²) in [5.41, 5.74) is 13.9. The number of rotatable bonds is 4. The maximum absolute atomic E-state index is 2.71. The maximum atomic E-state index is 2.71. The van der Waals surface area contributed by atoms with Gasteiger partial charge in [0.25, 0.3) is 0 Å². The third-order valence-corrected chi connectivity index (χ3v) is 28.3. The van der Waals surface area contributed by atoms with Gasteiger partial charge in [0.1, 0.15) is 0 Å². The van der Waals surface area contributed by atoms with E-state index in [9.17, 15) is 0 Å². The second-order valence-electron chi connectivity index (χ2n) is 11.2. The lowest BCUT2D eigenvalue weighted by atomic mass is 9.89. The molecular formula is C29H36Si2. The molecule has 31 heavy (non-hydrogen) atoms. The zero-order chi connectivity index (χ0) is 22.0. The van der Waals surface area contributed by atoms with Gasteiger partial charge >= 0.3 is 0 Å². The number of benzene rings is 2. The molecule has 0 spiro atoms. The summed E-state index contributed by atoms with van der Waals surface area (Å²) in [4.78, 5) is 0. The lowest BCUT2D eigenvalue weighted by Gasteiger charge is -2.46. The minimum Gasteiger partial charge on any atom is -0.0804 e. The summed E-state index contributed by atoms with van der Waals surface area (Å²) in [6.45, 7) is 15.5. The molecular weight excluding hydrogens is 404 g/mol. The van der Waals surface area contributed by atoms with Crippen molar-refractivity contribution in [2.75, 3.05) is 0 Å². The first kappa shape index (κ1) is 21.0. The molecule has 0 saturated carbocycles. The molecule has 0 N–H and O–H groups in total. The molecule has 3 aliphatic rings. The average molecular weight is 441 g/mol. The summed E-state index contributed by atoms with van der Waals surface area (Å²) in [6.07, 6.45) is 13.8. The largest absolute Gasteiger partial charge is 0.0804 e. The quantitative estimate of drug-likeness (QED) is 0.420. The van der Waals surface area contributed by atoms with Crippen molar-refractivity contribution in [1.29, 1.82) is 0 Å². The van der Waals surface area contributed by atoms with Crippen LogP contribution < -0.4 is 0 Å². The number of hydrogen-bond acceptors (Lipinski definition) is 0. The SMILES string of the molecule is CC1=CC([Si](C)(C)[Si](C)(C)C2C(C)=Cc3c2cc2c(c3-c3ccccc3)CCC2)C=C1. The summed E-state index contributed by atoms with van der Waals surface area (Å²) in [5, 5.41) is 0. The molecule has 2 aromatic rings. The molecule has 2 unspecified atom stereocenters. The van der Waals surface area contributed by atoms with Gasteiger partial charge in [0, 0.05) is 0 Å². The first-order chi connectivity index (χ1) is 14.7. The van der Waals surface area contributed by atoms with Gasteiger partial charge < -0.3 is 0 Å². The van der Waals surface area contributed by atoms with E-state index >= 15 is 0 Å². The zero-order valence-electron chi connectivity index (χ0n) is 20.0. The van der Waals surface area contributed by atoms with Crippen LogP contribution in [-0.4, -0.2) is 15.2 Å². The Bertz CT molecular complexity index is 1130. The van der Waals surface area contributed by atoms with Gasteiger partial charge in [-0.1, -0.05) is 98.0 Å². The summed E-state index contributed by atoms with van der Waals surface area (Å²) in [6, 6.07) is 13.8. The van der Waals surface area contributed by atoms with Crippen molar-refractivity contribution in [1.82, 2.24) is 0 Å². The van der Waals surface area contributed by atoms with Gasteiger partial charge in [0.05, 0.1) is 15.2 Å². The van der Waals surface area contributed by atoms with E-state index in [1.165, 1.54) is 30.4 Å². The van der Waals surface area contributed by atoms with Crippen LogP contribution in [0.15, 0.2) is 65.8 Å². The Kier molecular flexibility index (Phi) is 4.95. The molecule has 0 bridgehead atoms. The molecule has 5 rings (SSSR count). The van der Waals surface area contributed by atoms with Crippen LogP contribution in [0.5, 0.6) is 0 Å². The Balaban J connectivity index is 1.68. The second-order valence-corrected chi connectivity index (χ2v) is 27.0. The van der Waals surface area contributed by atoms with Crippen molar-refractivity contribution in [3.63, 3.8) is 0 Å². The Morgan fingerprint density at radius 2 is 1.65 bits per heavy atom. The molecule has 0 radical (unpaired) electrons. The lowest BCUT2D eigenvalue weighted by Crippen LogP contribution is -2.60. The van der Waals surface area contributed by atoms with E-state index < -0.39 is 15.2 Å². The molecule has 0 nitrogen and oxygen atoms in total. The van der Waals surface area contributed by atoms with Gasteiger partial charge in [-0.2, -0.15) is 0 Å². The summed E-state index contributed by atoms with van der Waals surface area (Å²) in [5.74, 6) is 0. The highest BCUT2D eigenvalue weighted by atomic mass is 29.3. The van der Waals surface area contributed by atoms with Crippen LogP contribution in [0.1, 0.15) is 48.1 Å². The summed E-state index contributed by atoms with van der Waals surface area (Å²) >= 11 is 0. The van der Waals surface area contributed by atoms with Gasteiger partial charge in [-0.15, -0.1) is 0 Å². The summed E-state index contributed by atoms with van der Waals surface area (Å²) in [7, 11) is -3.09. The van der Waals surface area contributed by atoms with Crippen LogP contribution >= 0.6 is 0 Å². The number of aryl methyl sites for hydroxylation is 1. The molecule has 160 valence electrons. The molecule has 0 aliphatic heterocycles. The van der Waals surface area contributed by atoms with Gasteiger partial charge in [-0.05, 0) is 77.6 Å². The Morgan fingerprint density at radius 1 is 0.903 bits per heavy atom. The number of hydrogen-bond donors (Lipinski definition) is 0. The molecule has 0 heterocycles. The van der Waals surface area contributed by atoms with Crippen molar-refractivity contribution < 1.29 is 0 Å². The molecule has 0 fully saturated rings. The highest BCUT2D eigenvalue weighted by Crippen LogP contribution is 2.52. The van der Waals surface area contributed by atoms with Crippen molar-refractivity contribution >= 4 is 21.3 Å². The van der Waals surface area contributed by atoms with Crippen molar-refractivity contribution in [3.05, 3.63) is 88.0 Å². The Hall–Kier alpha value is -1.91. The van der Waals surface area contributed by atoms with Gasteiger partial charge in [0.2, 0.25) is 0 Å². The average Bonchev–Trinajstić information content (AvgIpc) is 3.44. The van der Waals surface area contributed by atoms with Crippen LogP contribution in [-0.2, 0) is 12.8 Å². The molecule has 0 aromatic heterocycles. The van der Waals surface area contributed by atoms with Crippen LogP contribution in [0.25, 0.3) is 17.2 Å². The van der Waals surface area contributed by atoms with Crippen LogP contribution in [0.2, 0.25) is 31.7 Å². The fourth-order valence-corrected chi connectivity index (χ4v) is 18.1. The Morgan fingerprint density at radius 3 is 2.32 bits per heavy atom. The fraction of sp³-hybridized carbons (Fsp3) is 0.379. The zero-order valence-corrected chi connectivity index (χ0v) is 22.0. The van der Waals surface area contributed by atoms with E-state index in [-0.39, 0.29) is 0 Å². The minimum atomic E-state index is -1.59. The summed E-state index contributed by atoms with van der Waals surface area (Å²) < 4.78 is 0. The number of allylic oxidation sites excluding steroid dienone is 5. The standard InChI is InChI=1S/C29H36Si2/c1-20-15-16-24(17-20)30(3,4)31(5,6)29-21(2)18-26-27(29)19-23-13-10-14-25(23)28(26)22-11-8-7-9-12-22/h7-9,11-12,15-19,24,29H,10,13-14H2,1-6H3.